The zero-order valence-electron chi connectivity index (χ0n) is 28.6. The van der Waals surface area contributed by atoms with E-state index in [1.807, 2.05) is 0 Å². The summed E-state index contributed by atoms with van der Waals surface area (Å²) in [6, 6.07) is 63.6. The molecule has 2 aliphatic rings. The van der Waals surface area contributed by atoms with E-state index in [1.165, 1.54) is 38.8 Å². The van der Waals surface area contributed by atoms with Crippen LogP contribution in [-0.2, 0) is 5.41 Å². The first-order chi connectivity index (χ1) is 25.1. The van der Waals surface area contributed by atoms with E-state index >= 15 is 0 Å². The van der Waals surface area contributed by atoms with Crippen molar-refractivity contribution in [1.29, 1.82) is 0 Å². The third-order valence-corrected chi connectivity index (χ3v) is 10.9. The monoisotopic (exact) mass is 653 g/mol. The highest BCUT2D eigenvalue weighted by atomic mass is 16.5. The van der Waals surface area contributed by atoms with E-state index in [4.69, 9.17) is 4.74 Å². The van der Waals surface area contributed by atoms with E-state index in [2.05, 4.69) is 195 Å². The molecule has 1 aliphatic heterocycles. The van der Waals surface area contributed by atoms with Gasteiger partial charge in [0.1, 0.15) is 11.5 Å². The maximum Gasteiger partial charge on any atom is 0.143 e. The number of ether oxygens (including phenoxy) is 1. The van der Waals surface area contributed by atoms with Gasteiger partial charge in [-0.2, -0.15) is 0 Å². The Labute approximate surface area is 298 Å². The predicted octanol–water partition coefficient (Wildman–Crippen LogP) is 13.7. The van der Waals surface area contributed by atoms with Crippen molar-refractivity contribution in [3.63, 3.8) is 0 Å². The smallest absolute Gasteiger partial charge is 0.143 e. The van der Waals surface area contributed by atoms with Gasteiger partial charge in [-0.3, -0.25) is 0 Å². The molecular weight excluding hydrogens is 619 g/mol. The van der Waals surface area contributed by atoms with Crippen LogP contribution in [0.3, 0.4) is 0 Å². The highest BCUT2D eigenvalue weighted by molar-refractivity contribution is 6.02. The minimum absolute atomic E-state index is 0.122. The minimum Gasteiger partial charge on any atom is -0.455 e. The summed E-state index contributed by atoms with van der Waals surface area (Å²) in [4.78, 5) is 2.44. The summed E-state index contributed by atoms with van der Waals surface area (Å²) >= 11 is 0. The van der Waals surface area contributed by atoms with E-state index in [0.29, 0.717) is 0 Å². The first-order valence-corrected chi connectivity index (χ1v) is 17.7. The van der Waals surface area contributed by atoms with E-state index < -0.39 is 0 Å². The Bertz CT molecular complexity index is 2650. The molecular formula is C49H35NO. The molecule has 0 saturated heterocycles. The molecule has 1 heterocycles. The number of hydrogen-bond acceptors (Lipinski definition) is 2. The number of para-hydroxylation sites is 2. The Kier molecular flexibility index (Phi) is 6.56. The van der Waals surface area contributed by atoms with Crippen LogP contribution in [0.2, 0.25) is 0 Å². The van der Waals surface area contributed by atoms with Gasteiger partial charge in [0.05, 0.1) is 5.69 Å². The zero-order chi connectivity index (χ0) is 34.1. The van der Waals surface area contributed by atoms with Crippen LogP contribution in [0.4, 0.5) is 17.1 Å². The van der Waals surface area contributed by atoms with Crippen LogP contribution in [0.25, 0.3) is 55.3 Å². The fourth-order valence-corrected chi connectivity index (χ4v) is 8.37. The normalized spacial score (nSPS) is 13.2. The molecule has 0 unspecified atom stereocenters. The fourth-order valence-electron chi connectivity index (χ4n) is 8.37. The van der Waals surface area contributed by atoms with Crippen molar-refractivity contribution < 1.29 is 4.74 Å². The molecule has 0 N–H and O–H groups in total. The van der Waals surface area contributed by atoms with Crippen molar-refractivity contribution in [3.8, 4) is 56.0 Å². The summed E-state index contributed by atoms with van der Waals surface area (Å²) in [6.45, 7) is 4.70. The summed E-state index contributed by atoms with van der Waals surface area (Å²) in [7, 11) is 0. The summed E-state index contributed by atoms with van der Waals surface area (Å²) in [6.07, 6.45) is 0. The molecule has 8 aromatic carbocycles. The van der Waals surface area contributed by atoms with E-state index in [1.54, 1.807) is 0 Å². The second-order valence-corrected chi connectivity index (χ2v) is 14.1. The van der Waals surface area contributed by atoms with Crippen LogP contribution in [0.5, 0.6) is 11.5 Å². The molecule has 0 spiro atoms. The van der Waals surface area contributed by atoms with Gasteiger partial charge in [-0.05, 0) is 86.8 Å². The summed E-state index contributed by atoms with van der Waals surface area (Å²) < 4.78 is 6.84. The van der Waals surface area contributed by atoms with Crippen LogP contribution in [0.15, 0.2) is 176 Å². The Morgan fingerprint density at radius 2 is 1.06 bits per heavy atom. The predicted molar refractivity (Wildman–Crippen MR) is 213 cm³/mol. The minimum atomic E-state index is -0.122. The Morgan fingerprint density at radius 1 is 0.431 bits per heavy atom. The first-order valence-electron chi connectivity index (χ1n) is 17.7. The molecule has 8 aromatic rings. The second-order valence-electron chi connectivity index (χ2n) is 14.1. The Hall–Kier alpha value is -6.38. The quantitative estimate of drug-likeness (QED) is 0.187. The Balaban J connectivity index is 1.23. The molecule has 2 heteroatoms. The molecule has 0 saturated carbocycles. The maximum atomic E-state index is 6.84. The third-order valence-electron chi connectivity index (χ3n) is 10.9. The highest BCUT2D eigenvalue weighted by Gasteiger charge is 2.36. The van der Waals surface area contributed by atoms with Gasteiger partial charge in [-0.25, -0.2) is 0 Å². The van der Waals surface area contributed by atoms with Crippen LogP contribution in [0.1, 0.15) is 25.0 Å². The third kappa shape index (κ3) is 4.57. The number of fused-ring (bicyclic) bond motifs is 10. The van der Waals surface area contributed by atoms with Crippen LogP contribution in [-0.4, -0.2) is 0 Å². The van der Waals surface area contributed by atoms with Crippen LogP contribution in [0, 0.1) is 0 Å². The molecule has 0 amide bonds. The lowest BCUT2D eigenvalue weighted by atomic mass is 9.82. The van der Waals surface area contributed by atoms with Gasteiger partial charge >= 0.3 is 0 Å². The lowest BCUT2D eigenvalue weighted by Gasteiger charge is -2.30. The molecule has 0 bridgehead atoms. The van der Waals surface area contributed by atoms with E-state index in [-0.39, 0.29) is 5.41 Å². The average molecular weight is 654 g/mol. The number of nitrogens with zero attached hydrogens (tertiary/aromatic N) is 1. The first kappa shape index (κ1) is 29.5. The molecule has 0 aromatic heterocycles. The van der Waals surface area contributed by atoms with Gasteiger partial charge in [-0.1, -0.05) is 147 Å². The van der Waals surface area contributed by atoms with Crippen LogP contribution >= 0.6 is 0 Å². The van der Waals surface area contributed by atoms with Crippen molar-refractivity contribution in [2.24, 2.45) is 0 Å². The molecule has 1 aliphatic carbocycles. The standard InChI is InChI=1S/C49H35NO/c1-49(2)44-21-11-8-19-39(44)40-29-26-35(31-45(40)49)50(46-22-12-9-17-36(46)32-14-4-3-5-15-32)34-25-28-38-42-27-24-33-16-6-7-18-37(33)48(42)51-47-23-13-10-20-41(47)43(38)30-34/h3-31H,1-2H3. The van der Waals surface area contributed by atoms with Gasteiger partial charge in [0.25, 0.3) is 0 Å². The van der Waals surface area contributed by atoms with Gasteiger partial charge in [0.15, 0.2) is 0 Å². The number of anilines is 3. The summed E-state index contributed by atoms with van der Waals surface area (Å²) in [5.74, 6) is 1.76. The van der Waals surface area contributed by atoms with Crippen molar-refractivity contribution in [1.82, 2.24) is 0 Å². The van der Waals surface area contributed by atoms with Gasteiger partial charge in [0, 0.05) is 38.9 Å². The topological polar surface area (TPSA) is 12.5 Å². The molecule has 2 nitrogen and oxygen atoms in total. The molecule has 0 atom stereocenters. The highest BCUT2D eigenvalue weighted by Crippen LogP contribution is 2.53. The number of rotatable bonds is 4. The van der Waals surface area contributed by atoms with E-state index in [0.717, 1.165) is 56.2 Å². The molecule has 10 rings (SSSR count). The number of benzene rings is 8. The molecule has 51 heavy (non-hydrogen) atoms. The molecule has 0 radical (unpaired) electrons. The molecule has 0 fully saturated rings. The van der Waals surface area contributed by atoms with Gasteiger partial charge in [0.2, 0.25) is 0 Å². The number of hydrogen-bond donors (Lipinski definition) is 0. The van der Waals surface area contributed by atoms with Gasteiger partial charge < -0.3 is 9.64 Å². The SMILES string of the molecule is CC1(C)c2ccccc2-c2ccc(N(c3ccc4c(c3)-c3ccccc3Oc3c-4ccc4ccccc34)c3ccccc3-c3ccccc3)cc21. The summed E-state index contributed by atoms with van der Waals surface area (Å²) in [5, 5.41) is 2.28. The van der Waals surface area contributed by atoms with Crippen LogP contribution < -0.4 is 9.64 Å². The molecule has 242 valence electrons. The fraction of sp³-hybridized carbons (Fsp3) is 0.0612. The van der Waals surface area contributed by atoms with Crippen molar-refractivity contribution in [2.45, 2.75) is 19.3 Å². The van der Waals surface area contributed by atoms with Crippen molar-refractivity contribution >= 4 is 27.8 Å². The lowest BCUT2D eigenvalue weighted by molar-refractivity contribution is 0.493. The Morgan fingerprint density at radius 3 is 1.92 bits per heavy atom. The van der Waals surface area contributed by atoms with Gasteiger partial charge in [-0.15, -0.1) is 0 Å². The maximum absolute atomic E-state index is 6.84. The lowest BCUT2D eigenvalue weighted by Crippen LogP contribution is -2.17. The van der Waals surface area contributed by atoms with E-state index in [9.17, 15) is 0 Å². The largest absolute Gasteiger partial charge is 0.455 e. The summed E-state index contributed by atoms with van der Waals surface area (Å²) in [5.41, 5.74) is 15.4. The van der Waals surface area contributed by atoms with Crippen molar-refractivity contribution in [3.05, 3.63) is 187 Å². The second kappa shape index (κ2) is 11.3. The zero-order valence-corrected chi connectivity index (χ0v) is 28.6. The average Bonchev–Trinajstić information content (AvgIpc) is 3.31. The van der Waals surface area contributed by atoms with Crippen molar-refractivity contribution in [2.75, 3.05) is 4.90 Å².